The van der Waals surface area contributed by atoms with Crippen LogP contribution in [0.25, 0.3) is 0 Å². The normalized spacial score (nSPS) is 12.6. The van der Waals surface area contributed by atoms with Gasteiger partial charge in [-0.15, -0.1) is 5.10 Å². The third kappa shape index (κ3) is 2.71. The molecule has 0 amide bonds. The molecule has 0 fully saturated rings. The Kier molecular flexibility index (Phi) is 3.54. The van der Waals surface area contributed by atoms with Gasteiger partial charge in [0.1, 0.15) is 0 Å². The maximum Gasteiger partial charge on any atom is 0.0738 e. The van der Waals surface area contributed by atoms with E-state index in [0.29, 0.717) is 6.04 Å². The van der Waals surface area contributed by atoms with E-state index in [4.69, 9.17) is 0 Å². The lowest BCUT2D eigenvalue weighted by atomic mass is 10.0. The van der Waals surface area contributed by atoms with Crippen molar-refractivity contribution in [3.8, 4) is 0 Å². The van der Waals surface area contributed by atoms with E-state index in [9.17, 15) is 0 Å². The van der Waals surface area contributed by atoms with E-state index < -0.39 is 0 Å². The van der Waals surface area contributed by atoms with Crippen LogP contribution >= 0.6 is 0 Å². The van der Waals surface area contributed by atoms with Gasteiger partial charge in [-0.1, -0.05) is 29.5 Å². The molecule has 2 aromatic rings. The summed E-state index contributed by atoms with van der Waals surface area (Å²) in [7, 11) is 1.91. The minimum atomic E-state index is 0.325. The van der Waals surface area contributed by atoms with E-state index in [1.807, 2.05) is 7.05 Å². The Balaban J connectivity index is 2.01. The molecule has 1 atom stereocenters. The molecule has 2 rings (SSSR count). The topological polar surface area (TPSA) is 42.7 Å². The number of aryl methyl sites for hydroxylation is 2. The summed E-state index contributed by atoms with van der Waals surface area (Å²) in [5.74, 6) is 0. The maximum absolute atomic E-state index is 3.91. The Bertz CT molecular complexity index is 490. The predicted octanol–water partition coefficient (Wildman–Crippen LogP) is 1.97. The van der Waals surface area contributed by atoms with Gasteiger partial charge in [0.05, 0.1) is 11.9 Å². The van der Waals surface area contributed by atoms with Crippen LogP contribution in [0.5, 0.6) is 0 Å². The lowest BCUT2D eigenvalue weighted by Crippen LogP contribution is -2.20. The Morgan fingerprint density at radius 3 is 2.76 bits per heavy atom. The largest absolute Gasteiger partial charge is 0.305 e. The standard InChI is InChI=1S/C13H18N4/c1-10-6-4-5-7-13(10)11(2)14-8-12-9-15-16-17(12)3/h4-7,9,11,14H,8H2,1-3H3/t11-/m1/s1. The van der Waals surface area contributed by atoms with Gasteiger partial charge in [-0.05, 0) is 25.0 Å². The summed E-state index contributed by atoms with van der Waals surface area (Å²) in [6, 6.07) is 8.77. The zero-order valence-electron chi connectivity index (χ0n) is 10.5. The van der Waals surface area contributed by atoms with Crippen molar-refractivity contribution in [2.75, 3.05) is 0 Å². The molecule has 0 spiro atoms. The number of hydrogen-bond donors (Lipinski definition) is 1. The van der Waals surface area contributed by atoms with Gasteiger partial charge in [0, 0.05) is 19.6 Å². The van der Waals surface area contributed by atoms with E-state index in [1.165, 1.54) is 11.1 Å². The number of nitrogens with one attached hydrogen (secondary N) is 1. The second-order valence-electron chi connectivity index (χ2n) is 4.31. The molecule has 0 radical (unpaired) electrons. The number of nitrogens with zero attached hydrogens (tertiary/aromatic N) is 3. The summed E-state index contributed by atoms with van der Waals surface area (Å²) < 4.78 is 1.79. The van der Waals surface area contributed by atoms with Crippen LogP contribution in [0.1, 0.15) is 29.8 Å². The Morgan fingerprint density at radius 1 is 1.35 bits per heavy atom. The van der Waals surface area contributed by atoms with Gasteiger partial charge < -0.3 is 5.32 Å². The van der Waals surface area contributed by atoms with Crippen LogP contribution in [0.15, 0.2) is 30.5 Å². The summed E-state index contributed by atoms with van der Waals surface area (Å²) in [4.78, 5) is 0. The Hall–Kier alpha value is -1.68. The molecule has 1 heterocycles. The van der Waals surface area contributed by atoms with Crippen molar-refractivity contribution in [2.45, 2.75) is 26.4 Å². The molecule has 1 aromatic carbocycles. The van der Waals surface area contributed by atoms with E-state index in [-0.39, 0.29) is 0 Å². The summed E-state index contributed by atoms with van der Waals surface area (Å²) in [5, 5.41) is 11.3. The van der Waals surface area contributed by atoms with Crippen LogP contribution in [-0.4, -0.2) is 15.0 Å². The summed E-state index contributed by atoms with van der Waals surface area (Å²) in [6.07, 6.45) is 1.79. The maximum atomic E-state index is 3.91. The van der Waals surface area contributed by atoms with Crippen LogP contribution in [0, 0.1) is 6.92 Å². The van der Waals surface area contributed by atoms with Crippen molar-refractivity contribution >= 4 is 0 Å². The minimum Gasteiger partial charge on any atom is -0.305 e. The molecule has 0 aliphatic carbocycles. The monoisotopic (exact) mass is 230 g/mol. The predicted molar refractivity (Wildman–Crippen MR) is 67.4 cm³/mol. The van der Waals surface area contributed by atoms with Gasteiger partial charge in [-0.25, -0.2) is 0 Å². The molecule has 0 saturated carbocycles. The first-order chi connectivity index (χ1) is 8.18. The molecule has 0 unspecified atom stereocenters. The quantitative estimate of drug-likeness (QED) is 0.873. The molecule has 1 aromatic heterocycles. The van der Waals surface area contributed by atoms with Gasteiger partial charge in [-0.2, -0.15) is 0 Å². The van der Waals surface area contributed by atoms with Gasteiger partial charge in [0.15, 0.2) is 0 Å². The highest BCUT2D eigenvalue weighted by atomic mass is 15.4. The fraction of sp³-hybridized carbons (Fsp3) is 0.385. The molecule has 4 nitrogen and oxygen atoms in total. The molecular weight excluding hydrogens is 212 g/mol. The molecule has 90 valence electrons. The zero-order chi connectivity index (χ0) is 12.3. The lowest BCUT2D eigenvalue weighted by Gasteiger charge is -2.16. The molecule has 0 aliphatic heterocycles. The van der Waals surface area contributed by atoms with E-state index in [2.05, 4.69) is 53.7 Å². The van der Waals surface area contributed by atoms with Gasteiger partial charge >= 0.3 is 0 Å². The lowest BCUT2D eigenvalue weighted by molar-refractivity contribution is 0.544. The second kappa shape index (κ2) is 5.10. The molecular formula is C13H18N4. The summed E-state index contributed by atoms with van der Waals surface area (Å²) in [6.45, 7) is 5.09. The SMILES string of the molecule is Cc1ccccc1[C@@H](C)NCc1cnnn1C. The number of hydrogen-bond acceptors (Lipinski definition) is 3. The zero-order valence-corrected chi connectivity index (χ0v) is 10.5. The molecule has 4 heteroatoms. The fourth-order valence-electron chi connectivity index (χ4n) is 1.91. The highest BCUT2D eigenvalue weighted by Crippen LogP contribution is 2.16. The van der Waals surface area contributed by atoms with Gasteiger partial charge in [0.25, 0.3) is 0 Å². The third-order valence-corrected chi connectivity index (χ3v) is 3.05. The summed E-state index contributed by atoms with van der Waals surface area (Å²) in [5.41, 5.74) is 3.74. The third-order valence-electron chi connectivity index (χ3n) is 3.05. The van der Waals surface area contributed by atoms with Crippen molar-refractivity contribution in [1.82, 2.24) is 20.3 Å². The Labute approximate surface area is 102 Å². The van der Waals surface area contributed by atoms with Crippen LogP contribution < -0.4 is 5.32 Å². The average molecular weight is 230 g/mol. The van der Waals surface area contributed by atoms with Crippen molar-refractivity contribution in [1.29, 1.82) is 0 Å². The fourth-order valence-corrected chi connectivity index (χ4v) is 1.91. The molecule has 0 saturated heterocycles. The smallest absolute Gasteiger partial charge is 0.0738 e. The van der Waals surface area contributed by atoms with Crippen LogP contribution in [-0.2, 0) is 13.6 Å². The van der Waals surface area contributed by atoms with Crippen LogP contribution in [0.4, 0.5) is 0 Å². The first kappa shape index (κ1) is 11.8. The molecule has 1 N–H and O–H groups in total. The van der Waals surface area contributed by atoms with Crippen LogP contribution in [0.3, 0.4) is 0 Å². The summed E-state index contributed by atoms with van der Waals surface area (Å²) >= 11 is 0. The molecule has 0 bridgehead atoms. The van der Waals surface area contributed by atoms with E-state index >= 15 is 0 Å². The van der Waals surface area contributed by atoms with Gasteiger partial charge in [0.2, 0.25) is 0 Å². The van der Waals surface area contributed by atoms with Crippen molar-refractivity contribution < 1.29 is 0 Å². The van der Waals surface area contributed by atoms with Crippen molar-refractivity contribution in [3.05, 3.63) is 47.3 Å². The first-order valence-corrected chi connectivity index (χ1v) is 5.81. The average Bonchev–Trinajstić information content (AvgIpc) is 2.72. The molecule has 17 heavy (non-hydrogen) atoms. The minimum absolute atomic E-state index is 0.325. The number of aromatic nitrogens is 3. The van der Waals surface area contributed by atoms with E-state index in [1.54, 1.807) is 10.9 Å². The first-order valence-electron chi connectivity index (χ1n) is 5.81. The highest BCUT2D eigenvalue weighted by Gasteiger charge is 2.08. The molecule has 0 aliphatic rings. The van der Waals surface area contributed by atoms with Crippen molar-refractivity contribution in [3.63, 3.8) is 0 Å². The number of rotatable bonds is 4. The second-order valence-corrected chi connectivity index (χ2v) is 4.31. The van der Waals surface area contributed by atoms with Gasteiger partial charge in [-0.3, -0.25) is 4.68 Å². The highest BCUT2D eigenvalue weighted by molar-refractivity contribution is 5.28. The van der Waals surface area contributed by atoms with Crippen LogP contribution in [0.2, 0.25) is 0 Å². The van der Waals surface area contributed by atoms with E-state index in [0.717, 1.165) is 12.2 Å². The number of benzene rings is 1. The van der Waals surface area contributed by atoms with Crippen molar-refractivity contribution in [2.24, 2.45) is 7.05 Å². The Morgan fingerprint density at radius 2 is 2.12 bits per heavy atom.